The molecule has 0 aromatic carbocycles. The predicted molar refractivity (Wildman–Crippen MR) is 65.1 cm³/mol. The van der Waals surface area contributed by atoms with Crippen molar-refractivity contribution in [1.82, 2.24) is 0 Å². The number of thioether (sulfide) groups is 2. The Morgan fingerprint density at radius 3 is 2.50 bits per heavy atom. The third-order valence-corrected chi connectivity index (χ3v) is 3.95. The Bertz CT molecular complexity index is 165. The molecule has 0 saturated heterocycles. The van der Waals surface area contributed by atoms with Gasteiger partial charge in [0.1, 0.15) is 6.04 Å². The molecule has 0 heterocycles. The first kappa shape index (κ1) is 14.1. The Hall–Kier alpha value is 0.130. The molecule has 1 atom stereocenters. The summed E-state index contributed by atoms with van der Waals surface area (Å²) in [5, 5.41) is 9.20. The van der Waals surface area contributed by atoms with Gasteiger partial charge in [-0.15, -0.1) is 0 Å². The highest BCUT2D eigenvalue weighted by atomic mass is 32.2. The van der Waals surface area contributed by atoms with Gasteiger partial charge in [-0.1, -0.05) is 13.8 Å². The zero-order chi connectivity index (χ0) is 11.0. The van der Waals surface area contributed by atoms with Gasteiger partial charge in [0, 0.05) is 11.5 Å². The summed E-state index contributed by atoms with van der Waals surface area (Å²) >= 11 is 3.70. The van der Waals surface area contributed by atoms with Gasteiger partial charge >= 0.3 is 5.97 Å². The smallest absolute Gasteiger partial charge is 0.320 e. The highest BCUT2D eigenvalue weighted by Gasteiger charge is 2.09. The largest absolute Gasteiger partial charge is 0.480 e. The van der Waals surface area contributed by atoms with Crippen LogP contribution in [0.25, 0.3) is 0 Å². The van der Waals surface area contributed by atoms with Crippen molar-refractivity contribution in [3.05, 3.63) is 0 Å². The summed E-state index contributed by atoms with van der Waals surface area (Å²) in [6.07, 6.45) is 0.562. The number of carboxylic acid groups (broad SMARTS) is 1. The van der Waals surface area contributed by atoms with Gasteiger partial charge < -0.3 is 10.8 Å². The third kappa shape index (κ3) is 8.72. The summed E-state index contributed by atoms with van der Waals surface area (Å²) < 4.78 is 0. The first-order valence-electron chi connectivity index (χ1n) is 4.71. The first-order valence-corrected chi connectivity index (χ1v) is 6.92. The SMILES string of the molecule is CC(C)SCCSCC[C@H](N)C(=O)O. The predicted octanol–water partition coefficient (Wildman–Crippen LogP) is 1.66. The van der Waals surface area contributed by atoms with E-state index in [1.54, 1.807) is 11.8 Å². The second kappa shape index (κ2) is 8.44. The van der Waals surface area contributed by atoms with Crippen molar-refractivity contribution in [2.45, 2.75) is 31.6 Å². The maximum absolute atomic E-state index is 10.4. The van der Waals surface area contributed by atoms with E-state index in [1.165, 1.54) is 0 Å². The van der Waals surface area contributed by atoms with Crippen LogP contribution in [0.2, 0.25) is 0 Å². The summed E-state index contributed by atoms with van der Waals surface area (Å²) in [5.74, 6) is 2.15. The number of rotatable bonds is 8. The van der Waals surface area contributed by atoms with Crippen molar-refractivity contribution in [3.63, 3.8) is 0 Å². The number of carboxylic acids is 1. The van der Waals surface area contributed by atoms with Crippen LogP contribution in [0.5, 0.6) is 0 Å². The maximum atomic E-state index is 10.4. The Balaban J connectivity index is 3.17. The third-order valence-electron chi connectivity index (χ3n) is 1.57. The quantitative estimate of drug-likeness (QED) is 0.629. The molecule has 0 aliphatic rings. The van der Waals surface area contributed by atoms with Gasteiger partial charge in [-0.05, 0) is 17.4 Å². The van der Waals surface area contributed by atoms with Crippen LogP contribution < -0.4 is 5.73 Å². The summed E-state index contributed by atoms with van der Waals surface area (Å²) in [7, 11) is 0. The monoisotopic (exact) mass is 237 g/mol. The van der Waals surface area contributed by atoms with E-state index in [0.29, 0.717) is 11.7 Å². The van der Waals surface area contributed by atoms with E-state index in [2.05, 4.69) is 13.8 Å². The molecule has 0 aliphatic carbocycles. The van der Waals surface area contributed by atoms with E-state index in [4.69, 9.17) is 10.8 Å². The van der Waals surface area contributed by atoms with Crippen molar-refractivity contribution in [2.75, 3.05) is 17.3 Å². The van der Waals surface area contributed by atoms with Crippen LogP contribution in [-0.4, -0.2) is 39.6 Å². The summed E-state index contributed by atoms with van der Waals surface area (Å²) in [6.45, 7) is 4.35. The molecule has 14 heavy (non-hydrogen) atoms. The molecule has 0 saturated carbocycles. The lowest BCUT2D eigenvalue weighted by Gasteiger charge is -2.06. The molecule has 0 bridgehead atoms. The average molecular weight is 237 g/mol. The van der Waals surface area contributed by atoms with Crippen LogP contribution >= 0.6 is 23.5 Å². The average Bonchev–Trinajstić information content (AvgIpc) is 2.09. The zero-order valence-electron chi connectivity index (χ0n) is 8.73. The lowest BCUT2D eigenvalue weighted by atomic mass is 10.2. The van der Waals surface area contributed by atoms with Crippen molar-refractivity contribution in [1.29, 1.82) is 0 Å². The van der Waals surface area contributed by atoms with Gasteiger partial charge in [0.05, 0.1) is 0 Å². The van der Waals surface area contributed by atoms with E-state index in [9.17, 15) is 4.79 Å². The summed E-state index contributed by atoms with van der Waals surface area (Å²) in [6, 6.07) is -0.694. The lowest BCUT2D eigenvalue weighted by Crippen LogP contribution is -2.30. The van der Waals surface area contributed by atoms with Gasteiger partial charge in [-0.25, -0.2) is 0 Å². The van der Waals surface area contributed by atoms with Crippen LogP contribution in [-0.2, 0) is 4.79 Å². The van der Waals surface area contributed by atoms with Crippen LogP contribution in [0.3, 0.4) is 0 Å². The molecule has 0 amide bonds. The molecule has 5 heteroatoms. The molecule has 3 nitrogen and oxygen atoms in total. The van der Waals surface area contributed by atoms with Crippen molar-refractivity contribution in [3.8, 4) is 0 Å². The van der Waals surface area contributed by atoms with Crippen LogP contribution in [0, 0.1) is 0 Å². The molecule has 0 unspecified atom stereocenters. The van der Waals surface area contributed by atoms with Gasteiger partial charge in [-0.2, -0.15) is 23.5 Å². The molecule has 0 fully saturated rings. The minimum atomic E-state index is -0.901. The zero-order valence-corrected chi connectivity index (χ0v) is 10.4. The highest BCUT2D eigenvalue weighted by molar-refractivity contribution is 8.03. The standard InChI is InChI=1S/C9H19NO2S2/c1-7(2)14-6-5-13-4-3-8(10)9(11)12/h7-8H,3-6,10H2,1-2H3,(H,11,12)/t8-/m0/s1. The van der Waals surface area contributed by atoms with Crippen LogP contribution in [0.15, 0.2) is 0 Å². The fraction of sp³-hybridized carbons (Fsp3) is 0.889. The molecular weight excluding hydrogens is 218 g/mol. The van der Waals surface area contributed by atoms with Gasteiger partial charge in [0.15, 0.2) is 0 Å². The lowest BCUT2D eigenvalue weighted by molar-refractivity contribution is -0.138. The van der Waals surface area contributed by atoms with Crippen molar-refractivity contribution >= 4 is 29.5 Å². The van der Waals surface area contributed by atoms with E-state index in [1.807, 2.05) is 11.8 Å². The summed E-state index contributed by atoms with van der Waals surface area (Å²) in [5.41, 5.74) is 5.36. The number of hydrogen-bond donors (Lipinski definition) is 2. The number of aliphatic carboxylic acids is 1. The molecule has 0 aromatic heterocycles. The highest BCUT2D eigenvalue weighted by Crippen LogP contribution is 2.13. The van der Waals surface area contributed by atoms with Gasteiger partial charge in [0.25, 0.3) is 0 Å². The van der Waals surface area contributed by atoms with Crippen molar-refractivity contribution in [2.24, 2.45) is 5.73 Å². The molecule has 0 spiro atoms. The van der Waals surface area contributed by atoms with Gasteiger partial charge in [0.2, 0.25) is 0 Å². The fourth-order valence-corrected chi connectivity index (χ4v) is 2.73. The van der Waals surface area contributed by atoms with Crippen LogP contribution in [0.1, 0.15) is 20.3 Å². The Labute approximate surface area is 94.2 Å². The Morgan fingerprint density at radius 2 is 2.00 bits per heavy atom. The van der Waals surface area contributed by atoms with E-state index in [0.717, 1.165) is 17.3 Å². The molecule has 0 radical (unpaired) electrons. The molecular formula is C9H19NO2S2. The minimum absolute atomic E-state index is 0.562. The van der Waals surface area contributed by atoms with Gasteiger partial charge in [-0.3, -0.25) is 4.79 Å². The molecule has 0 aliphatic heterocycles. The number of nitrogens with two attached hydrogens (primary N) is 1. The summed E-state index contributed by atoms with van der Waals surface area (Å²) in [4.78, 5) is 10.4. The maximum Gasteiger partial charge on any atom is 0.320 e. The molecule has 0 rings (SSSR count). The minimum Gasteiger partial charge on any atom is -0.480 e. The second-order valence-electron chi connectivity index (χ2n) is 3.27. The normalized spacial score (nSPS) is 13.1. The topological polar surface area (TPSA) is 63.3 Å². The van der Waals surface area contributed by atoms with E-state index < -0.39 is 12.0 Å². The number of hydrogen-bond acceptors (Lipinski definition) is 4. The van der Waals surface area contributed by atoms with E-state index in [-0.39, 0.29) is 0 Å². The Morgan fingerprint density at radius 1 is 1.36 bits per heavy atom. The Kier molecular flexibility index (Phi) is 8.52. The second-order valence-corrected chi connectivity index (χ2v) is 6.17. The van der Waals surface area contributed by atoms with E-state index >= 15 is 0 Å². The molecule has 0 aromatic rings. The molecule has 84 valence electrons. The first-order chi connectivity index (χ1) is 6.54. The fourth-order valence-electron chi connectivity index (χ4n) is 0.779. The number of carbonyl (C=O) groups is 1. The molecule has 3 N–H and O–H groups in total. The van der Waals surface area contributed by atoms with Crippen molar-refractivity contribution < 1.29 is 9.90 Å². The van der Waals surface area contributed by atoms with Crippen LogP contribution in [0.4, 0.5) is 0 Å².